The fourth-order valence-corrected chi connectivity index (χ4v) is 1.15. The van der Waals surface area contributed by atoms with Gasteiger partial charge in [-0.3, -0.25) is 0 Å². The molecule has 55 heavy (non-hydrogen) atoms. The van der Waals surface area contributed by atoms with E-state index in [9.17, 15) is 0 Å². The first-order valence-electron chi connectivity index (χ1n) is 35.6. The molecule has 0 aliphatic heterocycles. The molecule has 0 heterocycles. The molecule has 0 aromatic rings. The van der Waals surface area contributed by atoms with Crippen LogP contribution in [-0.2, 0) is 0 Å². The normalized spacial score (nSPS) is 6.69. The Morgan fingerprint density at radius 2 is 0.327 bits per heavy atom. The Balaban J connectivity index is -0.0000000181. The van der Waals surface area contributed by atoms with E-state index in [0.717, 1.165) is 0 Å². The van der Waals surface area contributed by atoms with Gasteiger partial charge < -0.3 is 0 Å². The maximum atomic E-state index is 5.00. The van der Waals surface area contributed by atoms with Crippen molar-refractivity contribution in [1.29, 1.82) is 0 Å². The van der Waals surface area contributed by atoms with Crippen molar-refractivity contribution in [3.8, 4) is 287 Å². The van der Waals surface area contributed by atoms with Gasteiger partial charge >= 0.3 is 0 Å². The minimum Gasteiger partial charge on any atom is -0.106 e. The number of hydrogen-bond acceptors (Lipinski definition) is 0. The summed E-state index contributed by atoms with van der Waals surface area (Å²) < 4.78 is 230. The Bertz CT molecular complexity index is 2640. The van der Waals surface area contributed by atoms with E-state index in [2.05, 4.69) is 264 Å². The van der Waals surface area contributed by atoms with E-state index in [0.29, 0.717) is 0 Å². The molecule has 0 aromatic heterocycles. The van der Waals surface area contributed by atoms with Gasteiger partial charge in [-0.2, -0.15) is 0 Å². The molecule has 0 N–H and O–H groups in total. The van der Waals surface area contributed by atoms with Gasteiger partial charge in [0.25, 0.3) is 0 Å². The maximum Gasteiger partial charge on any atom is 0 e. The topological polar surface area (TPSA) is 0 Å². The van der Waals surface area contributed by atoms with Crippen molar-refractivity contribution in [1.82, 2.24) is 0 Å². The van der Waals surface area contributed by atoms with Crippen LogP contribution in [0.2, 0.25) is 0 Å². The molecular formula is C53H72B2. The van der Waals surface area contributed by atoms with Gasteiger partial charge in [-0.1, -0.05) is 34.1 Å². The third kappa shape index (κ3) is 99.1. The molecule has 0 saturated carbocycles. The summed E-state index contributed by atoms with van der Waals surface area (Å²) in [5.74, 6) is 101. The van der Waals surface area contributed by atoms with E-state index in [-0.39, 0.29) is 23.7 Å². The zero-order valence-corrected chi connectivity index (χ0v) is 27.6. The molecular weight excluding hydrogens is 658 g/mol. The zero-order valence-electron chi connectivity index (χ0n) is 73.6. The summed E-state index contributed by atoms with van der Waals surface area (Å²) in [5.41, 5.74) is 0. The highest BCUT2D eigenvalue weighted by atomic mass is 13.6. The molecule has 0 atom stereocenters. The lowest BCUT2D eigenvalue weighted by Gasteiger charge is -1.56. The monoisotopic (exact) mass is 778 g/mol. The lowest BCUT2D eigenvalue weighted by Crippen LogP contribution is -1.56. The smallest absolute Gasteiger partial charge is 0 e. The molecule has 0 spiro atoms. The van der Waals surface area contributed by atoms with Gasteiger partial charge in [0.15, 0.2) is 0 Å². The van der Waals surface area contributed by atoms with E-state index in [4.69, 9.17) is 107 Å². The Morgan fingerprint density at radius 3 is 0.436 bits per heavy atom. The molecule has 4 radical (unpaired) electrons. The lowest BCUT2D eigenvalue weighted by molar-refractivity contribution is 1.92. The third-order valence-electron chi connectivity index (χ3n) is 2.56. The molecule has 0 fully saturated rings. The Morgan fingerprint density at radius 1 is 0.236 bits per heavy atom. The molecule has 290 valence electrons. The first-order valence-corrected chi connectivity index (χ1v) is 12.6. The lowest BCUT2D eigenvalue weighted by atomic mass is 9.81. The van der Waals surface area contributed by atoms with Gasteiger partial charge in [0.2, 0.25) is 0 Å². The fourth-order valence-electron chi connectivity index (χ4n) is 1.15. The molecule has 0 bridgehead atoms. The standard InChI is InChI=1S/C22H2.C14H2.C8H6.C6H2.3CH4.B2.24H2/c1-3-5-7-9-11-13-15-17-19-21-22-20-18-16-14-12-10-8-6-4-2;1-3-5-7-9-11-13-14-12-10-8-6-4-2;1-3-5-7-8-6-4-2;1-3-5-6-4-2;;;;1-2;;;;;;;;;;;;;;;;;;;;;;;;/h1-2H;1-2H;1-2H3;1-2H;3*1H4;;24*1H/i;;;;;;;;23*1+1D;1+1. The molecule has 0 aromatic carbocycles. The molecule has 0 saturated heterocycles. The Kier molecular flexibility index (Phi) is 34.3. The summed E-state index contributed by atoms with van der Waals surface area (Å²) in [5, 5.41) is 0. The average molecular weight is 778 g/mol. The van der Waals surface area contributed by atoms with E-state index >= 15 is 0 Å². The molecule has 0 rings (SSSR count). The van der Waals surface area contributed by atoms with Gasteiger partial charge in [0, 0.05) is 109 Å². The van der Waals surface area contributed by atoms with Crippen molar-refractivity contribution in [2.75, 3.05) is 0 Å². The largest absolute Gasteiger partial charge is 0.106 e. The first-order chi connectivity index (χ1) is 48.7. The summed E-state index contributed by atoms with van der Waals surface area (Å²) >= 11 is 0. The predicted octanol–water partition coefficient (Wildman–Crippen LogP) is 8.90. The average Bonchev–Trinajstić information content (AvgIpc) is 3.85. The second-order valence-electron chi connectivity index (χ2n) is 5.62. The van der Waals surface area contributed by atoms with Crippen molar-refractivity contribution < 1.29 is 69.7 Å². The zero-order chi connectivity index (χ0) is 85.7. The van der Waals surface area contributed by atoms with Crippen molar-refractivity contribution in [2.45, 2.75) is 36.1 Å². The fraction of sp³-hybridized carbons (Fsp3) is 0.0943. The molecule has 2 heteroatoms. The van der Waals surface area contributed by atoms with Gasteiger partial charge in [-0.25, -0.2) is 0 Å². The SMILES string of the molecule is C.C.C.C#CC#CC#C.C#CC#CC#CC#CC#CC#CC#C.C#CC#CC#CC#CC#CC#CC#CC#CC#CC#CC#C.CC#CC#CC#CC.[2HH].[2H][2H].[2H][2H].[2H][2H].[2H][2H].[2H][2H].[2H][2H].[2H][2H].[2H][2H].[2H][2H].[2H][2H].[2H][2H].[2H][2H].[2H][2H].[2H][2H].[2H][2H].[2H][2H].[2H][2H].[2H][2H].[2H][2H].[2H][2H].[2H][2H].[2H][2H].[2H][2H].[B][B]. The number of rotatable bonds is 0. The second-order valence-corrected chi connectivity index (χ2v) is 5.62. The van der Waals surface area contributed by atoms with Gasteiger partial charge in [-0.05, 0) is 227 Å². The van der Waals surface area contributed by atoms with Crippen LogP contribution in [0.25, 0.3) is 0 Å². The highest BCUT2D eigenvalue weighted by Gasteiger charge is 1.59. The van der Waals surface area contributed by atoms with Crippen molar-refractivity contribution in [3.63, 3.8) is 0 Å². The van der Waals surface area contributed by atoms with E-state index in [1.54, 1.807) is 13.8 Å². The van der Waals surface area contributed by atoms with Gasteiger partial charge in [0.05, 0.1) is 0 Å². The maximum absolute atomic E-state index is 5.00. The van der Waals surface area contributed by atoms with Crippen LogP contribution in [0.5, 0.6) is 0 Å². The van der Waals surface area contributed by atoms with Crippen LogP contribution in [0.4, 0.5) is 0 Å². The summed E-state index contributed by atoms with van der Waals surface area (Å²) in [4.78, 5) is 0. The van der Waals surface area contributed by atoms with Crippen LogP contribution in [0.15, 0.2) is 0 Å². The predicted molar refractivity (Wildman–Crippen MR) is 287 cm³/mol. The van der Waals surface area contributed by atoms with Crippen LogP contribution in [-0.4, -0.2) is 15.5 Å². The molecule has 0 nitrogen and oxygen atoms in total. The second kappa shape index (κ2) is 79.2. The molecule has 0 amide bonds. The minimum absolute atomic E-state index is 0. The third-order valence-corrected chi connectivity index (χ3v) is 2.56. The highest BCUT2D eigenvalue weighted by molar-refractivity contribution is 6.75. The van der Waals surface area contributed by atoms with Crippen LogP contribution >= 0.6 is 0 Å². The minimum atomic E-state index is 0. The summed E-state index contributed by atoms with van der Waals surface area (Å²) in [6.45, 7) is 3.49. The summed E-state index contributed by atoms with van der Waals surface area (Å²) in [7, 11) is 8.00. The number of hydrogen-bond donors (Lipinski definition) is 0. The first kappa shape index (κ1) is 23.8. The van der Waals surface area contributed by atoms with Crippen LogP contribution in [0.1, 0.15) is 106 Å². The van der Waals surface area contributed by atoms with Crippen LogP contribution in [0, 0.1) is 287 Å². The summed E-state index contributed by atoms with van der Waals surface area (Å²) in [6.07, 6.45) is 28.9. The van der Waals surface area contributed by atoms with Crippen molar-refractivity contribution in [3.05, 3.63) is 0 Å². The van der Waals surface area contributed by atoms with E-state index in [1.807, 2.05) is 0 Å². The molecule has 0 unspecified atom stereocenters. The highest BCUT2D eigenvalue weighted by Crippen LogP contribution is 1.59. The van der Waals surface area contributed by atoms with Gasteiger partial charge in [0.1, 0.15) is 0 Å². The Labute approximate surface area is 409 Å². The quantitative estimate of drug-likeness (QED) is 0.170. The number of terminal acetylenes is 6. The van der Waals surface area contributed by atoms with Crippen molar-refractivity contribution in [2.24, 2.45) is 0 Å². The van der Waals surface area contributed by atoms with E-state index in [1.165, 1.54) is 0 Å². The summed E-state index contributed by atoms with van der Waals surface area (Å²) in [6, 6.07) is 0. The molecule has 0 aliphatic rings. The van der Waals surface area contributed by atoms with Crippen LogP contribution in [0.3, 0.4) is 0 Å². The van der Waals surface area contributed by atoms with E-state index < -0.39 is 0 Å². The van der Waals surface area contributed by atoms with Crippen molar-refractivity contribution >= 4 is 15.5 Å². The van der Waals surface area contributed by atoms with Crippen LogP contribution < -0.4 is 0 Å². The molecule has 0 aliphatic carbocycles. The Hall–Kier alpha value is -10.4. The van der Waals surface area contributed by atoms with Gasteiger partial charge in [-0.15, -0.1) is 38.5 Å².